The molecule has 138 valence electrons. The zero-order valence-electron chi connectivity index (χ0n) is 14.1. The number of aliphatic imine (C=N–C) groups is 1. The van der Waals surface area contributed by atoms with Crippen molar-refractivity contribution in [2.45, 2.75) is 37.8 Å². The molecule has 4 rings (SSSR count). The maximum Gasteiger partial charge on any atom is 0.299 e. The van der Waals surface area contributed by atoms with Crippen molar-refractivity contribution >= 4 is 34.1 Å². The number of carbonyl (C=O) groups excluding carboxylic acids is 2. The lowest BCUT2D eigenvalue weighted by Gasteiger charge is -2.49. The van der Waals surface area contributed by atoms with Gasteiger partial charge in [-0.05, 0) is 44.9 Å². The van der Waals surface area contributed by atoms with E-state index in [0.29, 0.717) is 5.75 Å². The summed E-state index contributed by atoms with van der Waals surface area (Å²) in [4.78, 5) is 26.8. The lowest BCUT2D eigenvalue weighted by atomic mass is 9.66. The number of halogens is 1. The lowest BCUT2D eigenvalue weighted by Crippen LogP contribution is -2.56. The summed E-state index contributed by atoms with van der Waals surface area (Å²) in [6, 6.07) is 4.95. The van der Waals surface area contributed by atoms with Crippen molar-refractivity contribution in [2.75, 3.05) is 6.61 Å². The Labute approximate surface area is 157 Å². The van der Waals surface area contributed by atoms with Gasteiger partial charge in [0.05, 0.1) is 0 Å². The number of rotatable bonds is 0. The zero-order chi connectivity index (χ0) is 18.9. The van der Waals surface area contributed by atoms with E-state index in [2.05, 4.69) is 20.9 Å². The summed E-state index contributed by atoms with van der Waals surface area (Å²) in [6.07, 6.45) is -2.34. The Morgan fingerprint density at radius 1 is 1.23 bits per heavy atom. The number of hydrogen-bond acceptors (Lipinski definition) is 7. The van der Waals surface area contributed by atoms with Crippen LogP contribution in [0.1, 0.15) is 32.3 Å². The molecule has 2 spiro atoms. The van der Waals surface area contributed by atoms with E-state index < -0.39 is 34.8 Å². The van der Waals surface area contributed by atoms with E-state index >= 15 is 0 Å². The highest BCUT2D eigenvalue weighted by atomic mass is 79.9. The van der Waals surface area contributed by atoms with Gasteiger partial charge < -0.3 is 29.3 Å². The first-order valence-corrected chi connectivity index (χ1v) is 8.87. The third kappa shape index (κ3) is 2.03. The number of carboxylic acid groups (broad SMARTS) is 2. The number of hydrogen-bond donors (Lipinski definition) is 0. The summed E-state index contributed by atoms with van der Waals surface area (Å²) in [5.41, 5.74) is -1.25. The monoisotopic (exact) mass is 422 g/mol. The van der Waals surface area contributed by atoms with Crippen LogP contribution >= 0.6 is 15.9 Å². The average Bonchev–Trinajstić information content (AvgIpc) is 3.25. The van der Waals surface area contributed by atoms with Crippen LogP contribution in [-0.2, 0) is 10.3 Å². The first-order valence-electron chi connectivity index (χ1n) is 8.07. The van der Waals surface area contributed by atoms with E-state index in [1.54, 1.807) is 6.07 Å². The van der Waals surface area contributed by atoms with Crippen LogP contribution in [0.15, 0.2) is 27.7 Å². The Morgan fingerprint density at radius 2 is 1.88 bits per heavy atom. The first-order chi connectivity index (χ1) is 12.1. The molecule has 26 heavy (non-hydrogen) atoms. The van der Waals surface area contributed by atoms with Crippen molar-refractivity contribution in [3.63, 3.8) is 0 Å². The molecule has 1 fully saturated rings. The van der Waals surface area contributed by atoms with Gasteiger partial charge in [-0.15, -0.1) is 0 Å². The smallest absolute Gasteiger partial charge is 0.299 e. The molecular weight excluding hydrogens is 408 g/mol. The molecule has 0 saturated heterocycles. The molecule has 1 aromatic carbocycles. The molecule has 2 aliphatic heterocycles. The SMILES string of the molecule is CC1(C)Oc2ccc(Br)cc2[C@@]2(COC(N(C(=O)[O-])C(=O)[O-])=N2)C12CC2. The van der Waals surface area contributed by atoms with Crippen LogP contribution in [-0.4, -0.2) is 35.3 Å². The summed E-state index contributed by atoms with van der Waals surface area (Å²) < 4.78 is 12.5. The molecule has 1 aliphatic carbocycles. The van der Waals surface area contributed by atoms with Gasteiger partial charge in [0.1, 0.15) is 23.5 Å². The standard InChI is InChI=1S/C17H17BrN2O6/c1-15(2)16(5-6-16)17(10-7-9(18)3-4-11(10)26-15)8-25-12(19-17)20(13(21)22)14(23)24/h3-4,7H,5-6,8H2,1-2H3,(H,21,22)(H,23,24)/p-2/t17-/m0/s1. The second-order valence-electron chi connectivity index (χ2n) is 7.25. The molecule has 1 aromatic rings. The van der Waals surface area contributed by atoms with Gasteiger partial charge in [-0.25, -0.2) is 9.89 Å². The molecule has 1 saturated carbocycles. The van der Waals surface area contributed by atoms with Crippen molar-refractivity contribution in [3.05, 3.63) is 28.2 Å². The predicted octanol–water partition coefficient (Wildman–Crippen LogP) is 0.970. The van der Waals surface area contributed by atoms with Gasteiger partial charge in [-0.3, -0.25) is 0 Å². The van der Waals surface area contributed by atoms with Gasteiger partial charge in [0.25, 0.3) is 6.02 Å². The van der Waals surface area contributed by atoms with Crippen molar-refractivity contribution in [1.29, 1.82) is 0 Å². The quantitative estimate of drug-likeness (QED) is 0.615. The summed E-state index contributed by atoms with van der Waals surface area (Å²) >= 11 is 3.43. The number of benzene rings is 1. The van der Waals surface area contributed by atoms with Crippen molar-refractivity contribution in [3.8, 4) is 5.75 Å². The fourth-order valence-corrected chi connectivity index (χ4v) is 4.67. The molecule has 9 heteroatoms. The van der Waals surface area contributed by atoms with Crippen LogP contribution in [0.25, 0.3) is 0 Å². The normalized spacial score (nSPS) is 26.5. The van der Waals surface area contributed by atoms with Crippen molar-refractivity contribution in [2.24, 2.45) is 10.4 Å². The summed E-state index contributed by atoms with van der Waals surface area (Å²) in [6.45, 7) is 3.92. The largest absolute Gasteiger partial charge is 0.529 e. The lowest BCUT2D eigenvalue weighted by molar-refractivity contribution is -0.284. The molecular formula is C17H15BrN2O6-2. The molecule has 0 radical (unpaired) electrons. The van der Waals surface area contributed by atoms with Crippen LogP contribution in [0, 0.1) is 5.41 Å². The average molecular weight is 423 g/mol. The Kier molecular flexibility index (Phi) is 3.38. The first kappa shape index (κ1) is 17.1. The Hall–Kier alpha value is -2.29. The fourth-order valence-electron chi connectivity index (χ4n) is 4.31. The number of imide groups is 1. The molecule has 0 unspecified atom stereocenters. The molecule has 1 atom stereocenters. The molecule has 8 nitrogen and oxygen atoms in total. The number of amides is 2. The topological polar surface area (TPSA) is 114 Å². The van der Waals surface area contributed by atoms with Crippen molar-refractivity contribution in [1.82, 2.24) is 4.90 Å². The number of ether oxygens (including phenoxy) is 2. The van der Waals surface area contributed by atoms with E-state index in [9.17, 15) is 19.8 Å². The van der Waals surface area contributed by atoms with Crippen LogP contribution in [0.4, 0.5) is 9.59 Å². The summed E-state index contributed by atoms with van der Waals surface area (Å²) in [5, 5.41) is 22.4. The molecule has 2 amide bonds. The van der Waals surface area contributed by atoms with Crippen LogP contribution in [0.2, 0.25) is 0 Å². The van der Waals surface area contributed by atoms with E-state index in [0.717, 1.165) is 22.9 Å². The maximum atomic E-state index is 11.2. The second-order valence-corrected chi connectivity index (χ2v) is 8.16. The van der Waals surface area contributed by atoms with Gasteiger partial charge in [0.2, 0.25) is 0 Å². The van der Waals surface area contributed by atoms with Gasteiger partial charge in [-0.2, -0.15) is 0 Å². The Balaban J connectivity index is 1.93. The minimum Gasteiger partial charge on any atom is -0.529 e. The van der Waals surface area contributed by atoms with Crippen LogP contribution in [0.5, 0.6) is 5.75 Å². The Bertz CT molecular complexity index is 849. The zero-order valence-corrected chi connectivity index (χ0v) is 15.7. The van der Waals surface area contributed by atoms with Crippen molar-refractivity contribution < 1.29 is 29.3 Å². The van der Waals surface area contributed by atoms with E-state index in [-0.39, 0.29) is 11.5 Å². The third-order valence-electron chi connectivity index (χ3n) is 5.70. The van der Waals surface area contributed by atoms with E-state index in [1.807, 2.05) is 26.0 Å². The summed E-state index contributed by atoms with van der Waals surface area (Å²) in [5.74, 6) is 0.609. The maximum absolute atomic E-state index is 11.2. The van der Waals surface area contributed by atoms with Gasteiger partial charge in [-0.1, -0.05) is 15.9 Å². The third-order valence-corrected chi connectivity index (χ3v) is 6.19. The predicted molar refractivity (Wildman–Crippen MR) is 88.2 cm³/mol. The number of fused-ring (bicyclic) bond motifs is 3. The molecule has 0 bridgehead atoms. The molecule has 3 aliphatic rings. The fraction of sp³-hybridized carbons (Fsp3) is 0.471. The van der Waals surface area contributed by atoms with E-state index in [1.165, 1.54) is 0 Å². The van der Waals surface area contributed by atoms with Crippen LogP contribution < -0.4 is 14.9 Å². The Morgan fingerprint density at radius 3 is 2.46 bits per heavy atom. The highest BCUT2D eigenvalue weighted by Gasteiger charge is 2.73. The second kappa shape index (κ2) is 5.12. The number of amidine groups is 1. The minimum absolute atomic E-state index is 0.00956. The minimum atomic E-state index is -1.97. The van der Waals surface area contributed by atoms with E-state index in [4.69, 9.17) is 9.47 Å². The van der Waals surface area contributed by atoms with Gasteiger partial charge in [0.15, 0.2) is 12.2 Å². The number of carbonyl (C=O) groups is 2. The highest BCUT2D eigenvalue weighted by Crippen LogP contribution is 2.71. The van der Waals surface area contributed by atoms with Crippen LogP contribution in [0.3, 0.4) is 0 Å². The summed E-state index contributed by atoms with van der Waals surface area (Å²) in [7, 11) is 0. The molecule has 0 N–H and O–H groups in total. The molecule has 0 aromatic heterocycles. The molecule has 2 heterocycles. The van der Waals surface area contributed by atoms with Gasteiger partial charge >= 0.3 is 0 Å². The highest BCUT2D eigenvalue weighted by molar-refractivity contribution is 9.10. The number of nitrogens with zero attached hydrogens (tertiary/aromatic N) is 2. The van der Waals surface area contributed by atoms with Gasteiger partial charge in [0, 0.05) is 15.5 Å².